The molecule has 0 bridgehead atoms. The molecule has 0 spiro atoms. The lowest BCUT2D eigenvalue weighted by Gasteiger charge is -2.15. The van der Waals surface area contributed by atoms with E-state index in [1.165, 1.54) is 16.8 Å². The third kappa shape index (κ3) is 2.99. The van der Waals surface area contributed by atoms with Crippen molar-refractivity contribution in [2.24, 2.45) is 5.73 Å². The van der Waals surface area contributed by atoms with E-state index < -0.39 is 0 Å². The van der Waals surface area contributed by atoms with Crippen molar-refractivity contribution in [1.29, 1.82) is 0 Å². The molecule has 3 aromatic carbocycles. The Morgan fingerprint density at radius 2 is 1.71 bits per heavy atom. The molecule has 21 heavy (non-hydrogen) atoms. The molecule has 0 heterocycles. The van der Waals surface area contributed by atoms with Crippen LogP contribution in [0.1, 0.15) is 17.2 Å². The summed E-state index contributed by atoms with van der Waals surface area (Å²) in [5, 5.41) is 2.40. The van der Waals surface area contributed by atoms with Crippen molar-refractivity contribution in [3.8, 4) is 0 Å². The molecule has 0 aliphatic heterocycles. The van der Waals surface area contributed by atoms with Crippen LogP contribution in [0.25, 0.3) is 10.8 Å². The second kappa shape index (κ2) is 5.96. The lowest BCUT2D eigenvalue weighted by Crippen LogP contribution is -2.14. The van der Waals surface area contributed by atoms with E-state index in [0.29, 0.717) is 10.9 Å². The van der Waals surface area contributed by atoms with Crippen molar-refractivity contribution in [2.75, 3.05) is 0 Å². The average molecular weight is 344 g/mol. The SMILES string of the molecule is NC(Cc1ccc2ccccc2c1)c1cccc(F)c1Br. The summed E-state index contributed by atoms with van der Waals surface area (Å²) in [6.45, 7) is 0. The van der Waals surface area contributed by atoms with E-state index in [2.05, 4.69) is 46.3 Å². The smallest absolute Gasteiger partial charge is 0.137 e. The van der Waals surface area contributed by atoms with Gasteiger partial charge in [-0.05, 0) is 50.3 Å². The minimum atomic E-state index is -0.276. The first-order valence-electron chi connectivity index (χ1n) is 6.82. The van der Waals surface area contributed by atoms with Crippen LogP contribution in [0.3, 0.4) is 0 Å². The molecule has 1 atom stereocenters. The Bertz CT molecular complexity index is 785. The highest BCUT2D eigenvalue weighted by Crippen LogP contribution is 2.27. The molecule has 0 radical (unpaired) electrons. The van der Waals surface area contributed by atoms with E-state index in [-0.39, 0.29) is 11.9 Å². The van der Waals surface area contributed by atoms with Crippen LogP contribution in [-0.4, -0.2) is 0 Å². The van der Waals surface area contributed by atoms with E-state index in [9.17, 15) is 4.39 Å². The lowest BCUT2D eigenvalue weighted by molar-refractivity contribution is 0.610. The third-order valence-electron chi connectivity index (χ3n) is 3.65. The van der Waals surface area contributed by atoms with Gasteiger partial charge in [0.05, 0.1) is 4.47 Å². The number of rotatable bonds is 3. The van der Waals surface area contributed by atoms with Gasteiger partial charge in [0.2, 0.25) is 0 Å². The van der Waals surface area contributed by atoms with Crippen molar-refractivity contribution in [3.63, 3.8) is 0 Å². The second-order valence-electron chi connectivity index (χ2n) is 5.14. The topological polar surface area (TPSA) is 26.0 Å². The zero-order valence-corrected chi connectivity index (χ0v) is 13.0. The summed E-state index contributed by atoms with van der Waals surface area (Å²) in [7, 11) is 0. The quantitative estimate of drug-likeness (QED) is 0.712. The van der Waals surface area contributed by atoms with Gasteiger partial charge in [-0.2, -0.15) is 0 Å². The number of hydrogen-bond acceptors (Lipinski definition) is 1. The molecule has 1 unspecified atom stereocenters. The summed E-state index contributed by atoms with van der Waals surface area (Å²) in [6.07, 6.45) is 0.673. The summed E-state index contributed by atoms with van der Waals surface area (Å²) >= 11 is 3.28. The van der Waals surface area contributed by atoms with Gasteiger partial charge in [-0.1, -0.05) is 54.6 Å². The van der Waals surface area contributed by atoms with Gasteiger partial charge in [0.25, 0.3) is 0 Å². The standard InChI is InChI=1S/C18H15BrFN/c19-18-15(6-3-7-16(18)20)17(21)11-12-8-9-13-4-1-2-5-14(13)10-12/h1-10,17H,11,21H2. The fourth-order valence-electron chi connectivity index (χ4n) is 2.54. The number of fused-ring (bicyclic) bond motifs is 1. The van der Waals surface area contributed by atoms with E-state index in [1.54, 1.807) is 6.07 Å². The number of halogens is 2. The van der Waals surface area contributed by atoms with Gasteiger partial charge in [-0.25, -0.2) is 4.39 Å². The van der Waals surface area contributed by atoms with Gasteiger partial charge in [0, 0.05) is 6.04 Å². The lowest BCUT2D eigenvalue weighted by atomic mass is 9.97. The molecule has 0 saturated carbocycles. The van der Waals surface area contributed by atoms with Gasteiger partial charge < -0.3 is 5.73 Å². The van der Waals surface area contributed by atoms with Crippen LogP contribution in [0.4, 0.5) is 4.39 Å². The summed E-state index contributed by atoms with van der Waals surface area (Å²) in [6, 6.07) is 19.3. The average Bonchev–Trinajstić information content (AvgIpc) is 2.50. The molecule has 0 fully saturated rings. The molecule has 0 aliphatic rings. The Morgan fingerprint density at radius 3 is 2.52 bits per heavy atom. The largest absolute Gasteiger partial charge is 0.324 e. The van der Waals surface area contributed by atoms with Crippen LogP contribution in [0.15, 0.2) is 65.1 Å². The Labute approximate surface area is 131 Å². The third-order valence-corrected chi connectivity index (χ3v) is 4.49. The van der Waals surface area contributed by atoms with Crippen molar-refractivity contribution in [3.05, 3.63) is 82.1 Å². The van der Waals surface area contributed by atoms with Crippen LogP contribution in [0.5, 0.6) is 0 Å². The molecule has 0 amide bonds. The summed E-state index contributed by atoms with van der Waals surface area (Å²) in [4.78, 5) is 0. The van der Waals surface area contributed by atoms with Crippen molar-refractivity contribution in [2.45, 2.75) is 12.5 Å². The van der Waals surface area contributed by atoms with E-state index >= 15 is 0 Å². The van der Waals surface area contributed by atoms with E-state index in [1.807, 2.05) is 18.2 Å². The van der Waals surface area contributed by atoms with Crippen molar-refractivity contribution >= 4 is 26.7 Å². The molecule has 0 saturated heterocycles. The zero-order valence-electron chi connectivity index (χ0n) is 11.4. The summed E-state index contributed by atoms with van der Waals surface area (Å²) < 4.78 is 14.0. The zero-order chi connectivity index (χ0) is 14.8. The Balaban J connectivity index is 1.89. The molecule has 3 rings (SSSR count). The minimum Gasteiger partial charge on any atom is -0.324 e. The van der Waals surface area contributed by atoms with E-state index in [0.717, 1.165) is 11.1 Å². The Hall–Kier alpha value is -1.71. The highest BCUT2D eigenvalue weighted by Gasteiger charge is 2.13. The number of hydrogen-bond donors (Lipinski definition) is 1. The van der Waals surface area contributed by atoms with E-state index in [4.69, 9.17) is 5.73 Å². The molecule has 2 N–H and O–H groups in total. The van der Waals surface area contributed by atoms with Crippen LogP contribution in [-0.2, 0) is 6.42 Å². The molecule has 1 nitrogen and oxygen atoms in total. The maximum atomic E-state index is 13.6. The predicted octanol–water partition coefficient (Wildman–Crippen LogP) is 4.98. The number of nitrogens with two attached hydrogens (primary N) is 1. The Kier molecular flexibility index (Phi) is 4.04. The summed E-state index contributed by atoms with van der Waals surface area (Å²) in [5.74, 6) is -0.276. The monoisotopic (exact) mass is 343 g/mol. The first-order valence-corrected chi connectivity index (χ1v) is 7.61. The normalized spacial score (nSPS) is 12.5. The number of benzene rings is 3. The molecular weight excluding hydrogens is 329 g/mol. The van der Waals surface area contributed by atoms with Crippen molar-refractivity contribution < 1.29 is 4.39 Å². The van der Waals surface area contributed by atoms with Crippen molar-refractivity contribution in [1.82, 2.24) is 0 Å². The maximum Gasteiger partial charge on any atom is 0.137 e. The molecule has 3 aromatic rings. The first kappa shape index (κ1) is 14.2. The van der Waals surface area contributed by atoms with Gasteiger partial charge in [-0.15, -0.1) is 0 Å². The molecule has 106 valence electrons. The van der Waals surface area contributed by atoms with Gasteiger partial charge in [-0.3, -0.25) is 0 Å². The minimum absolute atomic E-state index is 0.240. The van der Waals surface area contributed by atoms with Gasteiger partial charge in [0.1, 0.15) is 5.82 Å². The van der Waals surface area contributed by atoms with Gasteiger partial charge in [0.15, 0.2) is 0 Å². The predicted molar refractivity (Wildman–Crippen MR) is 88.7 cm³/mol. The molecule has 3 heteroatoms. The molecule has 0 aliphatic carbocycles. The summed E-state index contributed by atoms with van der Waals surface area (Å²) in [5.41, 5.74) is 8.19. The van der Waals surface area contributed by atoms with Crippen LogP contribution < -0.4 is 5.73 Å². The van der Waals surface area contributed by atoms with Crippen LogP contribution in [0.2, 0.25) is 0 Å². The molecule has 0 aromatic heterocycles. The maximum absolute atomic E-state index is 13.6. The van der Waals surface area contributed by atoms with Crippen LogP contribution in [0, 0.1) is 5.82 Å². The van der Waals surface area contributed by atoms with Gasteiger partial charge >= 0.3 is 0 Å². The second-order valence-corrected chi connectivity index (χ2v) is 5.93. The first-order chi connectivity index (χ1) is 10.1. The molecular formula is C18H15BrFN. The highest BCUT2D eigenvalue weighted by atomic mass is 79.9. The fourth-order valence-corrected chi connectivity index (χ4v) is 3.09. The fraction of sp³-hybridized carbons (Fsp3) is 0.111. The Morgan fingerprint density at radius 1 is 0.952 bits per heavy atom. The van der Waals surface area contributed by atoms with Crippen LogP contribution >= 0.6 is 15.9 Å². The highest BCUT2D eigenvalue weighted by molar-refractivity contribution is 9.10.